The summed E-state index contributed by atoms with van der Waals surface area (Å²) in [6.45, 7) is 2.86. The Hall–Kier alpha value is -1.74. The summed E-state index contributed by atoms with van der Waals surface area (Å²) in [5.41, 5.74) is 1.77. The lowest BCUT2D eigenvalue weighted by atomic mass is 10.2. The van der Waals surface area contributed by atoms with Gasteiger partial charge in [-0.25, -0.2) is 8.42 Å². The Morgan fingerprint density at radius 1 is 1.17 bits per heavy atom. The fourth-order valence-electron chi connectivity index (χ4n) is 3.13. The molecule has 8 heteroatoms. The van der Waals surface area contributed by atoms with Crippen LogP contribution < -0.4 is 5.32 Å². The topological polar surface area (TPSA) is 75.7 Å². The maximum atomic E-state index is 13.2. The van der Waals surface area contributed by atoms with Crippen LogP contribution in [0.2, 0.25) is 0 Å². The van der Waals surface area contributed by atoms with Crippen LogP contribution >= 0.6 is 15.9 Å². The van der Waals surface area contributed by atoms with Crippen molar-refractivity contribution in [2.45, 2.75) is 37.3 Å². The zero-order chi connectivity index (χ0) is 20.9. The van der Waals surface area contributed by atoms with Gasteiger partial charge in [-0.1, -0.05) is 45.8 Å². The number of rotatable bonds is 8. The van der Waals surface area contributed by atoms with Crippen molar-refractivity contribution in [3.05, 3.63) is 64.1 Å². The van der Waals surface area contributed by atoms with Gasteiger partial charge in [0.15, 0.2) is 0 Å². The van der Waals surface area contributed by atoms with E-state index in [0.717, 1.165) is 28.4 Å². The van der Waals surface area contributed by atoms with E-state index in [0.29, 0.717) is 13.2 Å². The molecule has 0 unspecified atom stereocenters. The van der Waals surface area contributed by atoms with Gasteiger partial charge in [-0.05, 0) is 49.6 Å². The van der Waals surface area contributed by atoms with Crippen molar-refractivity contribution < 1.29 is 17.9 Å². The molecule has 29 heavy (non-hydrogen) atoms. The normalized spacial score (nSPS) is 16.9. The highest BCUT2D eigenvalue weighted by Crippen LogP contribution is 2.20. The van der Waals surface area contributed by atoms with Crippen LogP contribution in [0, 0.1) is 6.92 Å². The first-order chi connectivity index (χ1) is 13.8. The standard InChI is InChI=1S/C21H25BrN2O4S/c1-16-4-10-20(11-5-16)29(26,27)24(14-17-6-8-18(22)9-7-17)15-21(25)23-13-19-3-2-12-28-19/h4-11,19H,2-3,12-15H2,1H3,(H,23,25)/t19-/m1/s1. The third-order valence-corrected chi connectivity index (χ3v) is 7.14. The van der Waals surface area contributed by atoms with Gasteiger partial charge in [-0.15, -0.1) is 0 Å². The number of carbonyl (C=O) groups excluding carboxylic acids is 1. The van der Waals surface area contributed by atoms with Gasteiger partial charge in [-0.3, -0.25) is 4.79 Å². The Kier molecular flexibility index (Phi) is 7.45. The molecule has 0 bridgehead atoms. The van der Waals surface area contributed by atoms with Crippen molar-refractivity contribution in [2.75, 3.05) is 19.7 Å². The molecular formula is C21H25BrN2O4S. The minimum Gasteiger partial charge on any atom is -0.376 e. The van der Waals surface area contributed by atoms with Crippen LogP contribution in [-0.2, 0) is 26.1 Å². The fourth-order valence-corrected chi connectivity index (χ4v) is 4.78. The van der Waals surface area contributed by atoms with E-state index in [4.69, 9.17) is 4.74 Å². The monoisotopic (exact) mass is 480 g/mol. The Bertz CT molecular complexity index is 924. The van der Waals surface area contributed by atoms with Crippen LogP contribution in [0.15, 0.2) is 57.9 Å². The third kappa shape index (κ3) is 6.12. The van der Waals surface area contributed by atoms with Gasteiger partial charge >= 0.3 is 0 Å². The third-order valence-electron chi connectivity index (χ3n) is 4.80. The molecular weight excluding hydrogens is 456 g/mol. The van der Waals surface area contributed by atoms with E-state index in [-0.39, 0.29) is 30.0 Å². The van der Waals surface area contributed by atoms with Gasteiger partial charge in [0.2, 0.25) is 15.9 Å². The highest BCUT2D eigenvalue weighted by atomic mass is 79.9. The van der Waals surface area contributed by atoms with Crippen LogP contribution in [0.4, 0.5) is 0 Å². The van der Waals surface area contributed by atoms with Crippen LogP contribution in [0.5, 0.6) is 0 Å². The molecule has 1 heterocycles. The molecule has 0 saturated carbocycles. The highest BCUT2D eigenvalue weighted by molar-refractivity contribution is 9.10. The van der Waals surface area contributed by atoms with Crippen molar-refractivity contribution in [1.82, 2.24) is 9.62 Å². The van der Waals surface area contributed by atoms with E-state index in [2.05, 4.69) is 21.2 Å². The van der Waals surface area contributed by atoms with Crippen molar-refractivity contribution in [2.24, 2.45) is 0 Å². The molecule has 1 aliphatic rings. The van der Waals surface area contributed by atoms with Gasteiger partial charge in [0.25, 0.3) is 0 Å². The van der Waals surface area contributed by atoms with E-state index >= 15 is 0 Å². The number of nitrogens with one attached hydrogen (secondary N) is 1. The summed E-state index contributed by atoms with van der Waals surface area (Å²) in [5, 5.41) is 2.81. The number of halogens is 1. The molecule has 2 aromatic carbocycles. The molecule has 6 nitrogen and oxygen atoms in total. The predicted octanol–water partition coefficient (Wildman–Crippen LogP) is 3.24. The molecule has 1 aliphatic heterocycles. The van der Waals surface area contributed by atoms with Gasteiger partial charge in [0.05, 0.1) is 17.5 Å². The van der Waals surface area contributed by atoms with Crippen LogP contribution in [0.1, 0.15) is 24.0 Å². The number of hydrogen-bond acceptors (Lipinski definition) is 4. The largest absolute Gasteiger partial charge is 0.376 e. The zero-order valence-electron chi connectivity index (χ0n) is 16.3. The molecule has 1 amide bonds. The fraction of sp³-hybridized carbons (Fsp3) is 0.381. The lowest BCUT2D eigenvalue weighted by Gasteiger charge is -2.22. The Labute approximate surface area is 180 Å². The zero-order valence-corrected chi connectivity index (χ0v) is 18.7. The maximum absolute atomic E-state index is 13.2. The lowest BCUT2D eigenvalue weighted by Crippen LogP contribution is -2.42. The highest BCUT2D eigenvalue weighted by Gasteiger charge is 2.27. The first-order valence-corrected chi connectivity index (χ1v) is 11.8. The smallest absolute Gasteiger partial charge is 0.243 e. The molecule has 156 valence electrons. The molecule has 0 aromatic heterocycles. The number of benzene rings is 2. The second-order valence-corrected chi connectivity index (χ2v) is 10.0. The molecule has 1 N–H and O–H groups in total. The van der Waals surface area contributed by atoms with Crippen LogP contribution in [0.25, 0.3) is 0 Å². The summed E-state index contributed by atoms with van der Waals surface area (Å²) in [7, 11) is -3.83. The van der Waals surface area contributed by atoms with Crippen LogP contribution in [0.3, 0.4) is 0 Å². The quantitative estimate of drug-likeness (QED) is 0.628. The number of amides is 1. The van der Waals surface area contributed by atoms with Crippen molar-refractivity contribution in [3.63, 3.8) is 0 Å². The molecule has 1 saturated heterocycles. The number of aryl methyl sites for hydroxylation is 1. The summed E-state index contributed by atoms with van der Waals surface area (Å²) in [5.74, 6) is -0.340. The SMILES string of the molecule is Cc1ccc(S(=O)(=O)N(CC(=O)NC[C@H]2CCCO2)Cc2ccc(Br)cc2)cc1. The van der Waals surface area contributed by atoms with Gasteiger partial charge < -0.3 is 10.1 Å². The second-order valence-electron chi connectivity index (χ2n) is 7.15. The Balaban J connectivity index is 1.77. The first-order valence-electron chi connectivity index (χ1n) is 9.54. The molecule has 2 aromatic rings. The van der Waals surface area contributed by atoms with Crippen molar-refractivity contribution in [3.8, 4) is 0 Å². The van der Waals surface area contributed by atoms with Gasteiger partial charge in [0.1, 0.15) is 0 Å². The van der Waals surface area contributed by atoms with E-state index in [1.54, 1.807) is 24.3 Å². The van der Waals surface area contributed by atoms with Gasteiger partial charge in [-0.2, -0.15) is 4.31 Å². The Morgan fingerprint density at radius 3 is 2.48 bits per heavy atom. The van der Waals surface area contributed by atoms with E-state index in [1.807, 2.05) is 31.2 Å². The summed E-state index contributed by atoms with van der Waals surface area (Å²) < 4.78 is 34.1. The number of hydrogen-bond donors (Lipinski definition) is 1. The second kappa shape index (κ2) is 9.84. The van der Waals surface area contributed by atoms with Crippen LogP contribution in [-0.4, -0.2) is 44.4 Å². The minimum absolute atomic E-state index is 0.00702. The summed E-state index contributed by atoms with van der Waals surface area (Å²) >= 11 is 3.38. The average Bonchev–Trinajstić information content (AvgIpc) is 3.21. The first kappa shape index (κ1) is 22.0. The van der Waals surface area contributed by atoms with E-state index in [9.17, 15) is 13.2 Å². The number of carbonyl (C=O) groups is 1. The molecule has 0 spiro atoms. The molecule has 0 aliphatic carbocycles. The summed E-state index contributed by atoms with van der Waals surface area (Å²) in [6, 6.07) is 14.0. The molecule has 1 atom stereocenters. The minimum atomic E-state index is -3.83. The molecule has 0 radical (unpaired) electrons. The molecule has 1 fully saturated rings. The predicted molar refractivity (Wildman–Crippen MR) is 115 cm³/mol. The van der Waals surface area contributed by atoms with Crippen molar-refractivity contribution in [1.29, 1.82) is 0 Å². The van der Waals surface area contributed by atoms with Crippen molar-refractivity contribution >= 4 is 31.9 Å². The number of ether oxygens (including phenoxy) is 1. The maximum Gasteiger partial charge on any atom is 0.243 e. The van der Waals surface area contributed by atoms with E-state index in [1.165, 1.54) is 4.31 Å². The number of sulfonamides is 1. The molecule has 3 rings (SSSR count). The van der Waals surface area contributed by atoms with Gasteiger partial charge in [0, 0.05) is 24.2 Å². The summed E-state index contributed by atoms with van der Waals surface area (Å²) in [4.78, 5) is 12.7. The average molecular weight is 481 g/mol. The number of nitrogens with zero attached hydrogens (tertiary/aromatic N) is 1. The lowest BCUT2D eigenvalue weighted by molar-refractivity contribution is -0.121. The van der Waals surface area contributed by atoms with E-state index < -0.39 is 10.0 Å². The Morgan fingerprint density at radius 2 is 1.86 bits per heavy atom. The summed E-state index contributed by atoms with van der Waals surface area (Å²) in [6.07, 6.45) is 1.90.